The summed E-state index contributed by atoms with van der Waals surface area (Å²) < 4.78 is 7.13. The number of rotatable bonds is 9. The van der Waals surface area contributed by atoms with Crippen molar-refractivity contribution >= 4 is 11.8 Å². The summed E-state index contributed by atoms with van der Waals surface area (Å²) >= 11 is 0. The van der Waals surface area contributed by atoms with Crippen molar-refractivity contribution in [1.29, 1.82) is 0 Å². The fraction of sp³-hybridized carbons (Fsp3) is 0.565. The molecule has 0 bridgehead atoms. The molecule has 1 aromatic carbocycles. The Bertz CT molecular complexity index is 878. The van der Waals surface area contributed by atoms with Crippen LogP contribution >= 0.6 is 0 Å². The Labute approximate surface area is 184 Å². The molecular formula is C23H33N5O3. The number of hydrogen-bond donors (Lipinski definition) is 0. The molecule has 1 fully saturated rings. The Morgan fingerprint density at radius 2 is 2.00 bits per heavy atom. The van der Waals surface area contributed by atoms with Gasteiger partial charge in [0.1, 0.15) is 5.75 Å². The Hall–Kier alpha value is -2.90. The summed E-state index contributed by atoms with van der Waals surface area (Å²) in [5, 5.41) is 8.21. The number of benzene rings is 1. The SMILES string of the molecule is CCN(CC)C(=O)c1cn(C[C@H]2CCCN(C(=O)CCc3ccccc3OC)C2)nn1. The Morgan fingerprint density at radius 3 is 2.74 bits per heavy atom. The van der Waals surface area contributed by atoms with Gasteiger partial charge < -0.3 is 14.5 Å². The number of aryl methyl sites for hydroxylation is 1. The highest BCUT2D eigenvalue weighted by Crippen LogP contribution is 2.22. The van der Waals surface area contributed by atoms with Crippen molar-refractivity contribution < 1.29 is 14.3 Å². The van der Waals surface area contributed by atoms with Gasteiger partial charge in [0.25, 0.3) is 5.91 Å². The number of amides is 2. The van der Waals surface area contributed by atoms with Crippen molar-refractivity contribution in [3.05, 3.63) is 41.7 Å². The molecule has 0 aliphatic carbocycles. The molecule has 0 saturated carbocycles. The third-order valence-electron chi connectivity index (χ3n) is 5.93. The van der Waals surface area contributed by atoms with Gasteiger partial charge in [0, 0.05) is 39.1 Å². The van der Waals surface area contributed by atoms with Crippen LogP contribution in [0.1, 0.15) is 49.2 Å². The van der Waals surface area contributed by atoms with Gasteiger partial charge in [0.2, 0.25) is 5.91 Å². The molecule has 0 radical (unpaired) electrons. The largest absolute Gasteiger partial charge is 0.496 e. The van der Waals surface area contributed by atoms with E-state index in [-0.39, 0.29) is 11.8 Å². The summed E-state index contributed by atoms with van der Waals surface area (Å²) in [6.45, 7) is 7.37. The van der Waals surface area contributed by atoms with Crippen LogP contribution in [-0.4, -0.2) is 69.9 Å². The molecule has 8 nitrogen and oxygen atoms in total. The number of carbonyl (C=O) groups is 2. The van der Waals surface area contributed by atoms with Crippen molar-refractivity contribution in [2.75, 3.05) is 33.3 Å². The van der Waals surface area contributed by atoms with Gasteiger partial charge in [-0.3, -0.25) is 14.3 Å². The highest BCUT2D eigenvalue weighted by molar-refractivity contribution is 5.91. The zero-order valence-corrected chi connectivity index (χ0v) is 18.8. The van der Waals surface area contributed by atoms with Gasteiger partial charge in [-0.05, 0) is 50.7 Å². The first-order valence-corrected chi connectivity index (χ1v) is 11.1. The summed E-state index contributed by atoms with van der Waals surface area (Å²) in [6, 6.07) is 7.84. The highest BCUT2D eigenvalue weighted by atomic mass is 16.5. The highest BCUT2D eigenvalue weighted by Gasteiger charge is 2.25. The van der Waals surface area contributed by atoms with Crippen molar-refractivity contribution in [1.82, 2.24) is 24.8 Å². The lowest BCUT2D eigenvalue weighted by Crippen LogP contribution is -2.41. The maximum Gasteiger partial charge on any atom is 0.276 e. The second-order valence-corrected chi connectivity index (χ2v) is 7.96. The second kappa shape index (κ2) is 10.9. The molecule has 0 spiro atoms. The van der Waals surface area contributed by atoms with Gasteiger partial charge in [-0.2, -0.15) is 0 Å². The maximum absolute atomic E-state index is 12.8. The molecule has 3 rings (SSSR count). The van der Waals surface area contributed by atoms with Crippen molar-refractivity contribution in [3.63, 3.8) is 0 Å². The molecule has 168 valence electrons. The fourth-order valence-corrected chi connectivity index (χ4v) is 4.17. The number of hydrogen-bond acceptors (Lipinski definition) is 5. The van der Waals surface area contributed by atoms with Crippen molar-refractivity contribution in [2.45, 2.75) is 46.1 Å². The topological polar surface area (TPSA) is 80.6 Å². The number of aromatic nitrogens is 3. The number of nitrogens with zero attached hydrogens (tertiary/aromatic N) is 5. The maximum atomic E-state index is 12.8. The van der Waals surface area contributed by atoms with E-state index in [1.54, 1.807) is 22.9 Å². The van der Waals surface area contributed by atoms with Crippen LogP contribution in [0.5, 0.6) is 5.75 Å². The van der Waals surface area contributed by atoms with Gasteiger partial charge in [0.05, 0.1) is 13.3 Å². The molecule has 0 N–H and O–H groups in total. The van der Waals surface area contributed by atoms with Gasteiger partial charge in [0.15, 0.2) is 5.69 Å². The van der Waals surface area contributed by atoms with Crippen molar-refractivity contribution in [2.24, 2.45) is 5.92 Å². The van der Waals surface area contributed by atoms with E-state index in [2.05, 4.69) is 10.3 Å². The second-order valence-electron chi connectivity index (χ2n) is 7.96. The quantitative estimate of drug-likeness (QED) is 0.615. The van der Waals surface area contributed by atoms with Crippen molar-refractivity contribution in [3.8, 4) is 5.75 Å². The van der Waals surface area contributed by atoms with Crippen LogP contribution in [0.3, 0.4) is 0 Å². The molecule has 2 heterocycles. The normalized spacial score (nSPS) is 16.2. The summed E-state index contributed by atoms with van der Waals surface area (Å²) in [7, 11) is 1.65. The van der Waals surface area contributed by atoms with E-state index in [9.17, 15) is 9.59 Å². The lowest BCUT2D eigenvalue weighted by atomic mass is 9.97. The van der Waals surface area contributed by atoms with E-state index in [0.29, 0.717) is 50.6 Å². The van der Waals surface area contributed by atoms with E-state index >= 15 is 0 Å². The smallest absolute Gasteiger partial charge is 0.276 e. The summed E-state index contributed by atoms with van der Waals surface area (Å²) in [6.07, 6.45) is 4.88. The first-order chi connectivity index (χ1) is 15.0. The number of carbonyl (C=O) groups excluding carboxylic acids is 2. The molecule has 1 aromatic heterocycles. The van der Waals surface area contributed by atoms with Gasteiger partial charge in [-0.15, -0.1) is 5.10 Å². The number of piperidine rings is 1. The molecule has 1 saturated heterocycles. The van der Waals surface area contributed by atoms with E-state index in [0.717, 1.165) is 30.7 Å². The zero-order chi connectivity index (χ0) is 22.2. The van der Waals surface area contributed by atoms with Gasteiger partial charge in [-0.1, -0.05) is 23.4 Å². The molecule has 2 amide bonds. The molecule has 8 heteroatoms. The molecule has 1 aliphatic heterocycles. The van der Waals surface area contributed by atoms with Crippen LogP contribution in [-0.2, 0) is 17.8 Å². The van der Waals surface area contributed by atoms with Crippen LogP contribution in [0.4, 0.5) is 0 Å². The minimum Gasteiger partial charge on any atom is -0.496 e. The first-order valence-electron chi connectivity index (χ1n) is 11.1. The Morgan fingerprint density at radius 1 is 1.23 bits per heavy atom. The average molecular weight is 428 g/mol. The summed E-state index contributed by atoms with van der Waals surface area (Å²) in [5.74, 6) is 1.22. The van der Waals surface area contributed by atoms with Crippen LogP contribution < -0.4 is 4.74 Å². The van der Waals surface area contributed by atoms with E-state index in [1.165, 1.54) is 0 Å². The lowest BCUT2D eigenvalue weighted by molar-refractivity contribution is -0.133. The van der Waals surface area contributed by atoms with E-state index in [1.807, 2.05) is 43.0 Å². The zero-order valence-electron chi connectivity index (χ0n) is 18.8. The summed E-state index contributed by atoms with van der Waals surface area (Å²) in [4.78, 5) is 28.9. The third-order valence-corrected chi connectivity index (χ3v) is 5.93. The first kappa shape index (κ1) is 22.8. The van der Waals surface area contributed by atoms with E-state index < -0.39 is 0 Å². The standard InChI is InChI=1S/C23H33N5O3/c1-4-26(5-2)23(30)20-17-28(25-24-20)16-18-9-8-14-27(15-18)22(29)13-12-19-10-6-7-11-21(19)31-3/h6-7,10-11,17-18H,4-5,8-9,12-16H2,1-3H3/t18-/m0/s1. The van der Waals surface area contributed by atoms with Crippen LogP contribution in [0.15, 0.2) is 30.5 Å². The molecule has 0 unspecified atom stereocenters. The Kier molecular flexibility index (Phi) is 8.03. The fourth-order valence-electron chi connectivity index (χ4n) is 4.17. The minimum absolute atomic E-state index is 0.0898. The Balaban J connectivity index is 1.53. The number of ether oxygens (including phenoxy) is 1. The summed E-state index contributed by atoms with van der Waals surface area (Å²) in [5.41, 5.74) is 1.43. The number of methoxy groups -OCH3 is 1. The average Bonchev–Trinajstić information content (AvgIpc) is 3.27. The number of para-hydroxylation sites is 1. The van der Waals surface area contributed by atoms with E-state index in [4.69, 9.17) is 4.74 Å². The monoisotopic (exact) mass is 427 g/mol. The van der Waals surface area contributed by atoms with Crippen LogP contribution in [0, 0.1) is 5.92 Å². The predicted octanol–water partition coefficient (Wildman–Crippen LogP) is 2.64. The molecule has 31 heavy (non-hydrogen) atoms. The van der Waals surface area contributed by atoms with Crippen LogP contribution in [0.2, 0.25) is 0 Å². The molecule has 1 aliphatic rings. The van der Waals surface area contributed by atoms with Crippen LogP contribution in [0.25, 0.3) is 0 Å². The predicted molar refractivity (Wildman–Crippen MR) is 118 cm³/mol. The van der Waals surface area contributed by atoms with Gasteiger partial charge in [-0.25, -0.2) is 0 Å². The molecule has 1 atom stereocenters. The third kappa shape index (κ3) is 5.83. The number of likely N-dealkylation sites (tertiary alicyclic amines) is 1. The lowest BCUT2D eigenvalue weighted by Gasteiger charge is -2.32. The van der Waals surface area contributed by atoms with Gasteiger partial charge >= 0.3 is 0 Å². The molecule has 2 aromatic rings. The molecular weight excluding hydrogens is 394 g/mol. The minimum atomic E-state index is -0.0898.